The number of sulfonamides is 1. The minimum absolute atomic E-state index is 0.0125. The summed E-state index contributed by atoms with van der Waals surface area (Å²) in [5, 5.41) is 0.627. The van der Waals surface area contributed by atoms with Gasteiger partial charge in [0.2, 0.25) is 10.0 Å². The number of carbonyl (C=O) groups excluding carboxylic acids is 1. The van der Waals surface area contributed by atoms with Crippen LogP contribution in [-0.2, 0) is 17.1 Å². The molecular formula is C21H22ClN3O3S2. The van der Waals surface area contributed by atoms with E-state index in [0.29, 0.717) is 21.9 Å². The molecule has 0 radical (unpaired) electrons. The summed E-state index contributed by atoms with van der Waals surface area (Å²) in [5.74, 6) is -0.418. The second-order valence-electron chi connectivity index (χ2n) is 7.46. The molecule has 0 bridgehead atoms. The van der Waals surface area contributed by atoms with Crippen LogP contribution in [0.25, 0.3) is 10.2 Å². The molecule has 2 aromatic carbocycles. The van der Waals surface area contributed by atoms with Gasteiger partial charge in [-0.15, -0.1) is 0 Å². The molecule has 0 saturated carbocycles. The van der Waals surface area contributed by atoms with Crippen LogP contribution < -0.4 is 4.80 Å². The highest BCUT2D eigenvalue weighted by Crippen LogP contribution is 2.25. The maximum atomic E-state index is 12.9. The van der Waals surface area contributed by atoms with E-state index in [1.807, 2.05) is 30.7 Å². The van der Waals surface area contributed by atoms with Crippen LogP contribution in [0.5, 0.6) is 0 Å². The number of fused-ring (bicyclic) bond motifs is 1. The van der Waals surface area contributed by atoms with E-state index in [0.717, 1.165) is 29.5 Å². The van der Waals surface area contributed by atoms with Gasteiger partial charge in [-0.2, -0.15) is 9.30 Å². The lowest BCUT2D eigenvalue weighted by molar-refractivity contribution is 0.0998. The molecule has 0 spiro atoms. The van der Waals surface area contributed by atoms with Crippen molar-refractivity contribution in [2.45, 2.75) is 37.1 Å². The Bertz CT molecular complexity index is 1280. The molecule has 0 N–H and O–H groups in total. The zero-order chi connectivity index (χ0) is 21.5. The third kappa shape index (κ3) is 3.97. The number of carbonyl (C=O) groups is 1. The fraction of sp³-hybridized carbons (Fsp3) is 0.333. The maximum absolute atomic E-state index is 12.9. The van der Waals surface area contributed by atoms with Crippen molar-refractivity contribution >= 4 is 49.1 Å². The number of halogens is 1. The summed E-state index contributed by atoms with van der Waals surface area (Å²) < 4.78 is 30.2. The van der Waals surface area contributed by atoms with Crippen molar-refractivity contribution in [3.05, 3.63) is 57.9 Å². The lowest BCUT2D eigenvalue weighted by Gasteiger charge is -2.32. The predicted molar refractivity (Wildman–Crippen MR) is 119 cm³/mol. The van der Waals surface area contributed by atoms with Gasteiger partial charge in [0.05, 0.1) is 15.1 Å². The summed E-state index contributed by atoms with van der Waals surface area (Å²) in [6.07, 6.45) is 2.78. The Morgan fingerprint density at radius 2 is 1.90 bits per heavy atom. The highest BCUT2D eigenvalue weighted by Gasteiger charge is 2.30. The van der Waals surface area contributed by atoms with Crippen molar-refractivity contribution in [1.29, 1.82) is 0 Å². The first-order valence-electron chi connectivity index (χ1n) is 9.73. The zero-order valence-corrected chi connectivity index (χ0v) is 19.1. The van der Waals surface area contributed by atoms with Gasteiger partial charge in [-0.05, 0) is 62.2 Å². The van der Waals surface area contributed by atoms with Crippen molar-refractivity contribution in [3.63, 3.8) is 0 Å². The molecule has 158 valence electrons. The number of hydrogen-bond donors (Lipinski definition) is 0. The molecular weight excluding hydrogens is 442 g/mol. The Labute approximate surface area is 184 Å². The van der Waals surface area contributed by atoms with Crippen LogP contribution in [0.1, 0.15) is 36.5 Å². The Balaban J connectivity index is 1.62. The van der Waals surface area contributed by atoms with Gasteiger partial charge in [-0.1, -0.05) is 29.4 Å². The van der Waals surface area contributed by atoms with Crippen LogP contribution in [0.15, 0.2) is 52.4 Å². The third-order valence-corrected chi connectivity index (χ3v) is 8.78. The highest BCUT2D eigenvalue weighted by molar-refractivity contribution is 7.89. The topological polar surface area (TPSA) is 71.7 Å². The van der Waals surface area contributed by atoms with E-state index in [4.69, 9.17) is 11.6 Å². The van der Waals surface area contributed by atoms with Gasteiger partial charge in [0.25, 0.3) is 5.91 Å². The molecule has 0 aliphatic carbocycles. The van der Waals surface area contributed by atoms with Gasteiger partial charge < -0.3 is 4.57 Å². The van der Waals surface area contributed by atoms with E-state index in [9.17, 15) is 13.2 Å². The summed E-state index contributed by atoms with van der Waals surface area (Å²) in [4.78, 5) is 17.7. The standard InChI is InChI=1S/C21H22ClN3O3S2/c1-14-5-3-4-12-25(14)30(27,28)17-9-6-15(7-10-17)20(26)23-21-24(2)18-11-8-16(22)13-19(18)29-21/h6-11,13-14H,3-5,12H2,1-2H3/t14-/m0/s1. The molecule has 6 nitrogen and oxygen atoms in total. The Kier molecular flexibility index (Phi) is 5.85. The molecule has 3 aromatic rings. The zero-order valence-electron chi connectivity index (χ0n) is 16.7. The minimum Gasteiger partial charge on any atom is -0.319 e. The number of amides is 1. The number of hydrogen-bond acceptors (Lipinski definition) is 4. The lowest BCUT2D eigenvalue weighted by atomic mass is 10.1. The van der Waals surface area contributed by atoms with Crippen molar-refractivity contribution in [2.24, 2.45) is 12.0 Å². The first-order valence-corrected chi connectivity index (χ1v) is 12.4. The van der Waals surface area contributed by atoms with Crippen LogP contribution in [0.4, 0.5) is 0 Å². The number of benzene rings is 2. The monoisotopic (exact) mass is 463 g/mol. The van der Waals surface area contributed by atoms with E-state index in [1.165, 1.54) is 35.6 Å². The molecule has 30 heavy (non-hydrogen) atoms. The molecule has 1 atom stereocenters. The van der Waals surface area contributed by atoms with Crippen molar-refractivity contribution in [3.8, 4) is 0 Å². The SMILES string of the molecule is C[C@H]1CCCCN1S(=O)(=O)c1ccc(C(=O)N=c2sc3cc(Cl)ccc3n2C)cc1. The molecule has 4 rings (SSSR count). The fourth-order valence-corrected chi connectivity index (χ4v) is 6.69. The second-order valence-corrected chi connectivity index (χ2v) is 10.8. The molecule has 1 aliphatic heterocycles. The average Bonchev–Trinajstić information content (AvgIpc) is 3.02. The van der Waals surface area contributed by atoms with E-state index in [1.54, 1.807) is 10.4 Å². The fourth-order valence-electron chi connectivity index (χ4n) is 3.70. The van der Waals surface area contributed by atoms with Gasteiger partial charge in [0, 0.05) is 30.2 Å². The normalized spacial score (nSPS) is 18.8. The van der Waals surface area contributed by atoms with Crippen molar-refractivity contribution in [2.75, 3.05) is 6.54 Å². The van der Waals surface area contributed by atoms with Crippen LogP contribution in [0.2, 0.25) is 5.02 Å². The summed E-state index contributed by atoms with van der Waals surface area (Å²) in [7, 11) is -1.72. The Morgan fingerprint density at radius 3 is 2.60 bits per heavy atom. The second kappa shape index (κ2) is 8.26. The summed E-state index contributed by atoms with van der Waals surface area (Å²) in [6, 6.07) is 11.5. The highest BCUT2D eigenvalue weighted by atomic mass is 35.5. The number of aromatic nitrogens is 1. The quantitative estimate of drug-likeness (QED) is 0.584. The van der Waals surface area contributed by atoms with Crippen molar-refractivity contribution in [1.82, 2.24) is 8.87 Å². The molecule has 1 aromatic heterocycles. The van der Waals surface area contributed by atoms with Gasteiger partial charge in [-0.3, -0.25) is 4.79 Å². The lowest BCUT2D eigenvalue weighted by Crippen LogP contribution is -2.41. The third-order valence-electron chi connectivity index (χ3n) is 5.42. The molecule has 1 saturated heterocycles. The number of rotatable bonds is 3. The van der Waals surface area contributed by atoms with E-state index in [2.05, 4.69) is 4.99 Å². The van der Waals surface area contributed by atoms with Gasteiger partial charge in [-0.25, -0.2) is 8.42 Å². The Hall–Kier alpha value is -2.00. The molecule has 1 amide bonds. The predicted octanol–water partition coefficient (Wildman–Crippen LogP) is 4.20. The average molecular weight is 464 g/mol. The van der Waals surface area contributed by atoms with Crippen LogP contribution in [-0.4, -0.2) is 35.8 Å². The van der Waals surface area contributed by atoms with E-state index in [-0.39, 0.29) is 10.9 Å². The molecule has 1 fully saturated rings. The minimum atomic E-state index is -3.56. The van der Waals surface area contributed by atoms with Crippen molar-refractivity contribution < 1.29 is 13.2 Å². The largest absolute Gasteiger partial charge is 0.319 e. The first kappa shape index (κ1) is 21.2. The van der Waals surface area contributed by atoms with Crippen LogP contribution in [0, 0.1) is 0 Å². The number of piperidine rings is 1. The molecule has 9 heteroatoms. The van der Waals surface area contributed by atoms with Gasteiger partial charge in [0.1, 0.15) is 0 Å². The number of thiazole rings is 1. The molecule has 1 aliphatic rings. The van der Waals surface area contributed by atoms with E-state index >= 15 is 0 Å². The number of nitrogens with zero attached hydrogens (tertiary/aromatic N) is 3. The Morgan fingerprint density at radius 1 is 1.17 bits per heavy atom. The first-order chi connectivity index (χ1) is 14.3. The van der Waals surface area contributed by atoms with Gasteiger partial charge >= 0.3 is 0 Å². The smallest absolute Gasteiger partial charge is 0.279 e. The van der Waals surface area contributed by atoms with Crippen LogP contribution >= 0.6 is 22.9 Å². The summed E-state index contributed by atoms with van der Waals surface area (Å²) in [6.45, 7) is 2.47. The summed E-state index contributed by atoms with van der Waals surface area (Å²) >= 11 is 7.42. The van der Waals surface area contributed by atoms with E-state index < -0.39 is 15.9 Å². The molecule has 2 heterocycles. The van der Waals surface area contributed by atoms with Gasteiger partial charge in [0.15, 0.2) is 4.80 Å². The maximum Gasteiger partial charge on any atom is 0.279 e. The van der Waals surface area contributed by atoms with Crippen LogP contribution in [0.3, 0.4) is 0 Å². The molecule has 0 unspecified atom stereocenters. The summed E-state index contributed by atoms with van der Waals surface area (Å²) in [5.41, 5.74) is 1.28. The number of aryl methyl sites for hydroxylation is 1.